The third-order valence-electron chi connectivity index (χ3n) is 7.47. The zero-order valence-electron chi connectivity index (χ0n) is 17.6. The summed E-state index contributed by atoms with van der Waals surface area (Å²) in [6, 6.07) is 0. The van der Waals surface area contributed by atoms with E-state index in [4.69, 9.17) is 0 Å². The van der Waals surface area contributed by atoms with Crippen molar-refractivity contribution in [1.82, 2.24) is 0 Å². The molecule has 0 radical (unpaired) electrons. The summed E-state index contributed by atoms with van der Waals surface area (Å²) in [5.41, 5.74) is 0. The zero-order valence-corrected chi connectivity index (χ0v) is 17.6. The molecule has 23 heavy (non-hydrogen) atoms. The van der Waals surface area contributed by atoms with E-state index in [1.807, 2.05) is 27.7 Å². The molecule has 0 aromatic rings. The minimum Gasteiger partial charge on any atom is -0.0683 e. The Morgan fingerprint density at radius 3 is 1.35 bits per heavy atom. The average molecular weight is 323 g/mol. The minimum absolute atomic E-state index is 1.06. The fraction of sp³-hybridized carbons (Fsp3) is 1.00. The van der Waals surface area contributed by atoms with Crippen molar-refractivity contribution in [1.29, 1.82) is 0 Å². The number of unbranched alkanes of at least 4 members (excludes halogenated alkanes) is 2. The summed E-state index contributed by atoms with van der Waals surface area (Å²) in [7, 11) is 0. The molecule has 0 saturated heterocycles. The van der Waals surface area contributed by atoms with Gasteiger partial charge in [-0.1, -0.05) is 74.7 Å². The lowest BCUT2D eigenvalue weighted by atomic mass is 9.64. The molecule has 0 nitrogen and oxygen atoms in total. The molecule has 4 aliphatic carbocycles. The maximum atomic E-state index is 2.54. The predicted octanol–water partition coefficient (Wildman–Crippen LogP) is 7.82. The monoisotopic (exact) mass is 322 g/mol. The molecule has 0 aromatic heterocycles. The van der Waals surface area contributed by atoms with Gasteiger partial charge in [0.25, 0.3) is 0 Å². The van der Waals surface area contributed by atoms with Crippen LogP contribution in [0.25, 0.3) is 0 Å². The fourth-order valence-electron chi connectivity index (χ4n) is 6.54. The highest BCUT2D eigenvalue weighted by Crippen LogP contribution is 2.70. The lowest BCUT2D eigenvalue weighted by Gasteiger charge is -2.41. The van der Waals surface area contributed by atoms with E-state index in [1.165, 1.54) is 42.9 Å². The second kappa shape index (κ2) is 10.1. The standard InChI is InChI=1S/C14H22.C5H12.2C2H6/c1-7-8(2)12-6-11(7)13-9-3-4-10(5-9)14(12)13;1-3-5-4-2;2*1-2/h7-14H,3-6H2,1-2H3;3-5H2,1-2H3;2*1-2H3. The molecule has 0 aromatic carbocycles. The second-order valence-electron chi connectivity index (χ2n) is 8.12. The number of hydrogen-bond donors (Lipinski definition) is 0. The first-order valence-electron chi connectivity index (χ1n) is 11.2. The van der Waals surface area contributed by atoms with Crippen molar-refractivity contribution in [2.75, 3.05) is 0 Å². The highest BCUT2D eigenvalue weighted by molar-refractivity contribution is 5.11. The van der Waals surface area contributed by atoms with Gasteiger partial charge in [0, 0.05) is 0 Å². The molecule has 8 unspecified atom stereocenters. The molecule has 0 heteroatoms. The van der Waals surface area contributed by atoms with E-state index >= 15 is 0 Å². The smallest absolute Gasteiger partial charge is 0.0321 e. The van der Waals surface area contributed by atoms with Crippen LogP contribution < -0.4 is 0 Å². The summed E-state index contributed by atoms with van der Waals surface area (Å²) in [6.07, 6.45) is 10.5. The van der Waals surface area contributed by atoms with Gasteiger partial charge in [-0.3, -0.25) is 0 Å². The molecule has 4 saturated carbocycles. The Balaban J connectivity index is 0.000000254. The molecular formula is C23H46. The molecule has 4 aliphatic rings. The molecule has 138 valence electrons. The maximum Gasteiger partial charge on any atom is -0.0321 e. The van der Waals surface area contributed by atoms with Crippen molar-refractivity contribution in [3.63, 3.8) is 0 Å². The molecule has 0 N–H and O–H groups in total. The van der Waals surface area contributed by atoms with Gasteiger partial charge in [-0.2, -0.15) is 0 Å². The number of hydrogen-bond acceptors (Lipinski definition) is 0. The van der Waals surface area contributed by atoms with Crippen LogP contribution in [0.3, 0.4) is 0 Å². The van der Waals surface area contributed by atoms with Gasteiger partial charge in [-0.25, -0.2) is 0 Å². The van der Waals surface area contributed by atoms with Gasteiger partial charge in [-0.05, 0) is 73.0 Å². The molecule has 0 heterocycles. The van der Waals surface area contributed by atoms with Crippen LogP contribution in [0.4, 0.5) is 0 Å². The van der Waals surface area contributed by atoms with Gasteiger partial charge in [0.2, 0.25) is 0 Å². The fourth-order valence-corrected chi connectivity index (χ4v) is 6.54. The van der Waals surface area contributed by atoms with Gasteiger partial charge >= 0.3 is 0 Å². The van der Waals surface area contributed by atoms with Crippen LogP contribution in [0.5, 0.6) is 0 Å². The normalized spacial score (nSPS) is 44.3. The lowest BCUT2D eigenvalue weighted by Crippen LogP contribution is -2.35. The Kier molecular flexibility index (Phi) is 9.24. The van der Waals surface area contributed by atoms with E-state index in [-0.39, 0.29) is 0 Å². The molecule has 0 amide bonds. The number of fused-ring (bicyclic) bond motifs is 9. The Hall–Kier alpha value is 0. The summed E-state index contributed by atoms with van der Waals surface area (Å²) in [6.45, 7) is 17.5. The number of rotatable bonds is 2. The topological polar surface area (TPSA) is 0 Å². The molecule has 8 atom stereocenters. The third kappa shape index (κ3) is 3.98. The van der Waals surface area contributed by atoms with E-state index in [0.717, 1.165) is 23.7 Å². The molecule has 4 rings (SSSR count). The van der Waals surface area contributed by atoms with Crippen LogP contribution in [0, 0.1) is 47.3 Å². The highest BCUT2D eigenvalue weighted by atomic mass is 14.7. The van der Waals surface area contributed by atoms with E-state index in [2.05, 4.69) is 27.7 Å². The summed E-state index contributed by atoms with van der Waals surface area (Å²) >= 11 is 0. The molecule has 4 bridgehead atoms. The van der Waals surface area contributed by atoms with Gasteiger partial charge in [0.15, 0.2) is 0 Å². The van der Waals surface area contributed by atoms with E-state index in [0.29, 0.717) is 0 Å². The Labute approximate surface area is 148 Å². The average Bonchev–Trinajstić information content (AvgIpc) is 3.34. The summed E-state index contributed by atoms with van der Waals surface area (Å²) in [4.78, 5) is 0. The molecule has 0 aliphatic heterocycles. The van der Waals surface area contributed by atoms with Gasteiger partial charge < -0.3 is 0 Å². The van der Waals surface area contributed by atoms with Crippen molar-refractivity contribution in [2.24, 2.45) is 47.3 Å². The van der Waals surface area contributed by atoms with Crippen LogP contribution in [0.15, 0.2) is 0 Å². The van der Waals surface area contributed by atoms with Gasteiger partial charge in [0.1, 0.15) is 0 Å². The van der Waals surface area contributed by atoms with Crippen molar-refractivity contribution in [3.05, 3.63) is 0 Å². The van der Waals surface area contributed by atoms with Crippen molar-refractivity contribution >= 4 is 0 Å². The van der Waals surface area contributed by atoms with Crippen LogP contribution in [0.1, 0.15) is 100 Å². The molecule has 0 spiro atoms. The minimum atomic E-state index is 1.06. The predicted molar refractivity (Wildman–Crippen MR) is 106 cm³/mol. The Morgan fingerprint density at radius 1 is 0.652 bits per heavy atom. The first kappa shape index (κ1) is 21.0. The van der Waals surface area contributed by atoms with Crippen molar-refractivity contribution in [2.45, 2.75) is 100 Å². The van der Waals surface area contributed by atoms with Gasteiger partial charge in [0.05, 0.1) is 0 Å². The quantitative estimate of drug-likeness (QED) is 0.454. The zero-order chi connectivity index (χ0) is 17.6. The second-order valence-corrected chi connectivity index (χ2v) is 8.12. The largest absolute Gasteiger partial charge is 0.0683 e. The van der Waals surface area contributed by atoms with Crippen molar-refractivity contribution in [3.8, 4) is 0 Å². The molecule has 4 fully saturated rings. The Morgan fingerprint density at radius 2 is 1.04 bits per heavy atom. The first-order chi connectivity index (χ1) is 11.2. The van der Waals surface area contributed by atoms with E-state index < -0.39 is 0 Å². The summed E-state index contributed by atoms with van der Waals surface area (Å²) < 4.78 is 0. The first-order valence-corrected chi connectivity index (χ1v) is 11.2. The summed E-state index contributed by atoms with van der Waals surface area (Å²) in [5, 5.41) is 0. The third-order valence-corrected chi connectivity index (χ3v) is 7.47. The van der Waals surface area contributed by atoms with E-state index in [1.54, 1.807) is 25.7 Å². The van der Waals surface area contributed by atoms with E-state index in [9.17, 15) is 0 Å². The van der Waals surface area contributed by atoms with Crippen molar-refractivity contribution < 1.29 is 0 Å². The van der Waals surface area contributed by atoms with Crippen LogP contribution in [-0.2, 0) is 0 Å². The summed E-state index contributed by atoms with van der Waals surface area (Å²) in [5.74, 6) is 9.16. The van der Waals surface area contributed by atoms with Crippen LogP contribution in [-0.4, -0.2) is 0 Å². The maximum absolute atomic E-state index is 2.54. The van der Waals surface area contributed by atoms with Crippen LogP contribution in [0.2, 0.25) is 0 Å². The van der Waals surface area contributed by atoms with Crippen LogP contribution >= 0.6 is 0 Å². The highest BCUT2D eigenvalue weighted by Gasteiger charge is 2.63. The Bertz CT molecular complexity index is 279. The molecular weight excluding hydrogens is 276 g/mol. The van der Waals surface area contributed by atoms with Gasteiger partial charge in [-0.15, -0.1) is 0 Å². The SMILES string of the molecule is CC.CC.CC1C(C)C2CC1C1C3CCC(C3)C21.CCCCC. The lowest BCUT2D eigenvalue weighted by molar-refractivity contribution is 0.0716.